The highest BCUT2D eigenvalue weighted by Gasteiger charge is 2.14. The first-order chi connectivity index (χ1) is 13.0. The van der Waals surface area contributed by atoms with Gasteiger partial charge in [0.15, 0.2) is 23.3 Å². The summed E-state index contributed by atoms with van der Waals surface area (Å²) >= 11 is 0. The van der Waals surface area contributed by atoms with Gasteiger partial charge in [-0.05, 0) is 36.4 Å². The van der Waals surface area contributed by atoms with Crippen molar-refractivity contribution in [3.8, 4) is 0 Å². The average molecular weight is 375 g/mol. The number of nitrogens with one attached hydrogen (secondary N) is 2. The van der Waals surface area contributed by atoms with Crippen LogP contribution in [0, 0.1) is 17.5 Å². The number of hydrogen-bond donors (Lipinski definition) is 2. The molecule has 0 saturated heterocycles. The first kappa shape index (κ1) is 18.1. The van der Waals surface area contributed by atoms with E-state index in [1.54, 1.807) is 24.3 Å². The van der Waals surface area contributed by atoms with E-state index < -0.39 is 23.4 Å². The molecule has 1 aromatic heterocycles. The van der Waals surface area contributed by atoms with Crippen LogP contribution >= 0.6 is 0 Å². The van der Waals surface area contributed by atoms with E-state index in [0.717, 1.165) is 12.1 Å². The van der Waals surface area contributed by atoms with Crippen molar-refractivity contribution in [2.24, 2.45) is 0 Å². The van der Waals surface area contributed by atoms with Crippen molar-refractivity contribution in [1.29, 1.82) is 0 Å². The van der Waals surface area contributed by atoms with Crippen LogP contribution in [0.15, 0.2) is 42.6 Å². The molecule has 2 aromatic carbocycles. The van der Waals surface area contributed by atoms with Crippen LogP contribution in [-0.2, 0) is 4.74 Å². The van der Waals surface area contributed by atoms with E-state index in [9.17, 15) is 18.0 Å². The minimum Gasteiger partial charge on any atom is -0.465 e. The van der Waals surface area contributed by atoms with Gasteiger partial charge in [-0.2, -0.15) is 10.1 Å². The van der Waals surface area contributed by atoms with E-state index in [2.05, 4.69) is 30.6 Å². The predicted molar refractivity (Wildman–Crippen MR) is 90.5 cm³/mol. The van der Waals surface area contributed by atoms with E-state index in [0.29, 0.717) is 11.3 Å². The van der Waals surface area contributed by atoms with Crippen molar-refractivity contribution in [3.05, 3.63) is 65.6 Å². The van der Waals surface area contributed by atoms with Gasteiger partial charge >= 0.3 is 5.97 Å². The highest BCUT2D eigenvalue weighted by Crippen LogP contribution is 2.22. The molecule has 7 nitrogen and oxygen atoms in total. The molecule has 27 heavy (non-hydrogen) atoms. The zero-order valence-electron chi connectivity index (χ0n) is 13.8. The maximum Gasteiger partial charge on any atom is 0.337 e. The molecule has 0 fully saturated rings. The van der Waals surface area contributed by atoms with Crippen molar-refractivity contribution in [2.45, 2.75) is 0 Å². The molecule has 138 valence electrons. The molecule has 0 amide bonds. The van der Waals surface area contributed by atoms with E-state index in [4.69, 9.17) is 0 Å². The molecule has 1 heterocycles. The fourth-order valence-corrected chi connectivity index (χ4v) is 2.12. The van der Waals surface area contributed by atoms with Crippen molar-refractivity contribution in [1.82, 2.24) is 15.2 Å². The summed E-state index contributed by atoms with van der Waals surface area (Å²) in [6.45, 7) is 0. The van der Waals surface area contributed by atoms with Crippen LogP contribution < -0.4 is 10.6 Å². The SMILES string of the molecule is COC(=O)c1ccc(Nc2cnnc(Nc3ccc(F)c(F)c3F)n2)cc1. The third-order valence-electron chi connectivity index (χ3n) is 3.42. The van der Waals surface area contributed by atoms with Crippen LogP contribution in [0.5, 0.6) is 0 Å². The summed E-state index contributed by atoms with van der Waals surface area (Å²) in [5, 5.41) is 12.7. The molecule has 0 atom stereocenters. The number of benzene rings is 2. The van der Waals surface area contributed by atoms with E-state index in [-0.39, 0.29) is 17.5 Å². The van der Waals surface area contributed by atoms with Gasteiger partial charge in [-0.1, -0.05) is 0 Å². The summed E-state index contributed by atoms with van der Waals surface area (Å²) in [4.78, 5) is 15.5. The monoisotopic (exact) mass is 375 g/mol. The second-order valence-corrected chi connectivity index (χ2v) is 5.21. The molecule has 0 aliphatic carbocycles. The molecule has 10 heteroatoms. The average Bonchev–Trinajstić information content (AvgIpc) is 2.69. The number of carbonyl (C=O) groups excluding carboxylic acids is 1. The summed E-state index contributed by atoms with van der Waals surface area (Å²) in [6, 6.07) is 8.14. The second kappa shape index (κ2) is 7.68. The lowest BCUT2D eigenvalue weighted by Crippen LogP contribution is -2.05. The van der Waals surface area contributed by atoms with Crippen LogP contribution in [0.4, 0.5) is 36.3 Å². The number of carbonyl (C=O) groups is 1. The van der Waals surface area contributed by atoms with Crippen LogP contribution in [0.3, 0.4) is 0 Å². The smallest absolute Gasteiger partial charge is 0.337 e. The number of esters is 1. The fraction of sp³-hybridized carbons (Fsp3) is 0.0588. The summed E-state index contributed by atoms with van der Waals surface area (Å²) in [5.41, 5.74) is 0.628. The lowest BCUT2D eigenvalue weighted by Gasteiger charge is -2.09. The number of halogens is 3. The maximum absolute atomic E-state index is 13.7. The molecule has 0 aliphatic rings. The number of ether oxygens (including phenoxy) is 1. The Labute approximate surface area is 151 Å². The Bertz CT molecular complexity index is 983. The molecule has 3 aromatic rings. The summed E-state index contributed by atoms with van der Waals surface area (Å²) in [7, 11) is 1.28. The molecular formula is C17H12F3N5O2. The van der Waals surface area contributed by atoms with Crippen molar-refractivity contribution < 1.29 is 22.7 Å². The molecule has 0 radical (unpaired) electrons. The fourth-order valence-electron chi connectivity index (χ4n) is 2.12. The van der Waals surface area contributed by atoms with E-state index >= 15 is 0 Å². The van der Waals surface area contributed by atoms with Gasteiger partial charge in [-0.15, -0.1) is 5.10 Å². The van der Waals surface area contributed by atoms with Gasteiger partial charge in [0, 0.05) is 5.69 Å². The van der Waals surface area contributed by atoms with Crippen molar-refractivity contribution >= 4 is 29.1 Å². The standard InChI is InChI=1S/C17H12F3N5O2/c1-27-16(26)9-2-4-10(5-3-9)22-13-8-21-25-17(24-13)23-12-7-6-11(18)14(19)15(12)20/h2-8H,1H3,(H2,22,23,24,25). The molecule has 0 bridgehead atoms. The van der Waals surface area contributed by atoms with Crippen molar-refractivity contribution in [3.63, 3.8) is 0 Å². The van der Waals surface area contributed by atoms with Gasteiger partial charge in [0.1, 0.15) is 0 Å². The largest absolute Gasteiger partial charge is 0.465 e. The Morgan fingerprint density at radius 2 is 1.74 bits per heavy atom. The minimum atomic E-state index is -1.60. The van der Waals surface area contributed by atoms with Gasteiger partial charge in [0.05, 0.1) is 24.6 Å². The molecule has 0 saturated carbocycles. The van der Waals surface area contributed by atoms with Crippen LogP contribution in [0.1, 0.15) is 10.4 Å². The summed E-state index contributed by atoms with van der Waals surface area (Å²) in [6.07, 6.45) is 1.31. The number of methoxy groups -OCH3 is 1. The van der Waals surface area contributed by atoms with Gasteiger partial charge < -0.3 is 15.4 Å². The Balaban J connectivity index is 1.76. The van der Waals surface area contributed by atoms with E-state index in [1.165, 1.54) is 13.3 Å². The number of hydrogen-bond acceptors (Lipinski definition) is 7. The van der Waals surface area contributed by atoms with Gasteiger partial charge in [0.25, 0.3) is 0 Å². The zero-order chi connectivity index (χ0) is 19.4. The second-order valence-electron chi connectivity index (χ2n) is 5.21. The van der Waals surface area contributed by atoms with E-state index in [1.807, 2.05) is 0 Å². The Hall–Kier alpha value is -3.69. The third-order valence-corrected chi connectivity index (χ3v) is 3.42. The Kier molecular flexibility index (Phi) is 5.15. The van der Waals surface area contributed by atoms with Crippen LogP contribution in [-0.4, -0.2) is 28.3 Å². The number of aromatic nitrogens is 3. The molecule has 0 aliphatic heterocycles. The third kappa shape index (κ3) is 4.11. The summed E-state index contributed by atoms with van der Waals surface area (Å²) in [5.74, 6) is -4.64. The molecular weight excluding hydrogens is 363 g/mol. The molecule has 0 spiro atoms. The topological polar surface area (TPSA) is 89.0 Å². The van der Waals surface area contributed by atoms with Crippen LogP contribution in [0.25, 0.3) is 0 Å². The van der Waals surface area contributed by atoms with Crippen LogP contribution in [0.2, 0.25) is 0 Å². The molecule has 0 unspecified atom stereocenters. The predicted octanol–water partition coefficient (Wildman–Crippen LogP) is 3.56. The number of rotatable bonds is 5. The van der Waals surface area contributed by atoms with Crippen molar-refractivity contribution in [2.75, 3.05) is 17.7 Å². The molecule has 2 N–H and O–H groups in total. The summed E-state index contributed by atoms with van der Waals surface area (Å²) < 4.78 is 44.6. The highest BCUT2D eigenvalue weighted by atomic mass is 19.2. The maximum atomic E-state index is 13.7. The van der Waals surface area contributed by atoms with Gasteiger partial charge in [-0.3, -0.25) is 0 Å². The normalized spacial score (nSPS) is 10.4. The van der Waals surface area contributed by atoms with Gasteiger partial charge in [0.2, 0.25) is 5.95 Å². The lowest BCUT2D eigenvalue weighted by atomic mass is 10.2. The quantitative estimate of drug-likeness (QED) is 0.521. The minimum absolute atomic E-state index is 0.129. The van der Waals surface area contributed by atoms with Gasteiger partial charge in [-0.25, -0.2) is 18.0 Å². The highest BCUT2D eigenvalue weighted by molar-refractivity contribution is 5.89. The molecule has 3 rings (SSSR count). The first-order valence-electron chi connectivity index (χ1n) is 7.53. The lowest BCUT2D eigenvalue weighted by molar-refractivity contribution is 0.0601. The first-order valence-corrected chi connectivity index (χ1v) is 7.53. The number of anilines is 4. The zero-order valence-corrected chi connectivity index (χ0v) is 13.8. The Morgan fingerprint density at radius 3 is 2.44 bits per heavy atom. The number of nitrogens with zero attached hydrogens (tertiary/aromatic N) is 3. The Morgan fingerprint density at radius 1 is 1.00 bits per heavy atom.